The van der Waals surface area contributed by atoms with Gasteiger partial charge in [0.2, 0.25) is 0 Å². The van der Waals surface area contributed by atoms with Gasteiger partial charge >= 0.3 is 6.09 Å². The minimum atomic E-state index is -0.488. The number of benzene rings is 3. The Hall–Kier alpha value is -3.34. The van der Waals surface area contributed by atoms with Crippen LogP contribution in [0.15, 0.2) is 72.8 Å². The third-order valence-corrected chi connectivity index (χ3v) is 4.68. The number of rotatable bonds is 5. The van der Waals surface area contributed by atoms with Crippen molar-refractivity contribution < 1.29 is 18.7 Å². The highest BCUT2D eigenvalue weighted by Gasteiger charge is 2.26. The lowest BCUT2D eigenvalue weighted by molar-refractivity contribution is 0.133. The summed E-state index contributed by atoms with van der Waals surface area (Å²) in [6.45, 7) is 0.537. The van der Waals surface area contributed by atoms with Crippen molar-refractivity contribution >= 4 is 6.09 Å². The van der Waals surface area contributed by atoms with Crippen molar-refractivity contribution in [1.29, 1.82) is 0 Å². The maximum atomic E-state index is 14.2. The van der Waals surface area contributed by atoms with Crippen molar-refractivity contribution in [3.63, 3.8) is 0 Å². The lowest BCUT2D eigenvalue weighted by Gasteiger charge is -2.14. The highest BCUT2D eigenvalue weighted by atomic mass is 19.1. The Kier molecular flexibility index (Phi) is 5.24. The van der Waals surface area contributed by atoms with Gasteiger partial charge in [-0.25, -0.2) is 9.18 Å². The van der Waals surface area contributed by atoms with Crippen molar-refractivity contribution in [1.82, 2.24) is 5.32 Å². The molecule has 1 atom stereocenters. The van der Waals surface area contributed by atoms with E-state index in [0.29, 0.717) is 24.3 Å². The summed E-state index contributed by atoms with van der Waals surface area (Å²) >= 11 is 0. The van der Waals surface area contributed by atoms with Crippen molar-refractivity contribution in [2.24, 2.45) is 0 Å². The first-order valence-corrected chi connectivity index (χ1v) is 9.18. The van der Waals surface area contributed by atoms with Crippen LogP contribution in [0, 0.1) is 5.82 Å². The van der Waals surface area contributed by atoms with E-state index in [4.69, 9.17) is 9.47 Å². The van der Waals surface area contributed by atoms with E-state index < -0.39 is 6.09 Å². The van der Waals surface area contributed by atoms with E-state index in [1.807, 2.05) is 48.5 Å². The Morgan fingerprint density at radius 1 is 1.00 bits per heavy atom. The van der Waals surface area contributed by atoms with Gasteiger partial charge in [0.25, 0.3) is 0 Å². The molecule has 1 heterocycles. The predicted molar refractivity (Wildman–Crippen MR) is 105 cm³/mol. The van der Waals surface area contributed by atoms with Gasteiger partial charge in [0.1, 0.15) is 24.3 Å². The maximum absolute atomic E-state index is 14.2. The minimum absolute atomic E-state index is 0.216. The molecule has 0 saturated carbocycles. The van der Waals surface area contributed by atoms with E-state index in [1.165, 1.54) is 6.07 Å². The molecule has 1 aliphatic heterocycles. The van der Waals surface area contributed by atoms with Crippen LogP contribution in [0.4, 0.5) is 9.18 Å². The number of para-hydroxylation sites is 1. The average Bonchev–Trinajstić information content (AvgIpc) is 3.15. The average molecular weight is 377 g/mol. The first-order chi connectivity index (χ1) is 13.7. The van der Waals surface area contributed by atoms with E-state index in [2.05, 4.69) is 5.32 Å². The first kappa shape index (κ1) is 18.0. The monoisotopic (exact) mass is 377 g/mol. The van der Waals surface area contributed by atoms with Gasteiger partial charge in [-0.15, -0.1) is 0 Å². The number of fused-ring (bicyclic) bond motifs is 1. The number of carbonyl (C=O) groups excluding carboxylic acids is 1. The highest BCUT2D eigenvalue weighted by Crippen LogP contribution is 2.39. The van der Waals surface area contributed by atoms with E-state index in [0.717, 1.165) is 16.7 Å². The summed E-state index contributed by atoms with van der Waals surface area (Å²) in [4.78, 5) is 11.9. The molecular weight excluding hydrogens is 357 g/mol. The molecule has 4 rings (SSSR count). The predicted octanol–water partition coefficient (Wildman–Crippen LogP) is 4.72. The molecule has 0 spiro atoms. The standard InChI is InChI=1S/C23H20FNO3/c24-21-12-5-4-10-19(21)20-11-6-9-17-13-18(28-22(17)20)14-25-23(26)27-15-16-7-2-1-3-8-16/h1-12,18H,13-15H2,(H,25,26). The minimum Gasteiger partial charge on any atom is -0.487 e. The second kappa shape index (κ2) is 8.13. The molecule has 0 fully saturated rings. The zero-order valence-electron chi connectivity index (χ0n) is 15.2. The summed E-state index contributed by atoms with van der Waals surface area (Å²) in [5.41, 5.74) is 3.17. The molecule has 4 nitrogen and oxygen atoms in total. The molecule has 3 aromatic carbocycles. The van der Waals surface area contributed by atoms with E-state index in [9.17, 15) is 9.18 Å². The number of carbonyl (C=O) groups is 1. The van der Waals surface area contributed by atoms with E-state index in [-0.39, 0.29) is 18.5 Å². The van der Waals surface area contributed by atoms with Gasteiger partial charge in [-0.3, -0.25) is 0 Å². The Morgan fingerprint density at radius 2 is 1.75 bits per heavy atom. The molecule has 0 bridgehead atoms. The smallest absolute Gasteiger partial charge is 0.407 e. The van der Waals surface area contributed by atoms with Crippen LogP contribution in [0.2, 0.25) is 0 Å². The summed E-state index contributed by atoms with van der Waals surface area (Å²) in [5.74, 6) is 0.391. The Balaban J connectivity index is 1.36. The van der Waals surface area contributed by atoms with E-state index in [1.54, 1.807) is 18.2 Å². The van der Waals surface area contributed by atoms with Crippen molar-refractivity contribution in [2.75, 3.05) is 6.54 Å². The third-order valence-electron chi connectivity index (χ3n) is 4.68. The number of ether oxygens (including phenoxy) is 2. The van der Waals surface area contributed by atoms with E-state index >= 15 is 0 Å². The quantitative estimate of drug-likeness (QED) is 0.700. The van der Waals surface area contributed by atoms with Crippen LogP contribution in [-0.2, 0) is 17.8 Å². The van der Waals surface area contributed by atoms with Gasteiger partial charge in [0.15, 0.2) is 0 Å². The molecule has 28 heavy (non-hydrogen) atoms. The second-order valence-corrected chi connectivity index (χ2v) is 6.66. The molecule has 1 aliphatic rings. The van der Waals surface area contributed by atoms with Crippen LogP contribution < -0.4 is 10.1 Å². The second-order valence-electron chi connectivity index (χ2n) is 6.66. The van der Waals surface area contributed by atoms with Gasteiger partial charge in [-0.2, -0.15) is 0 Å². The van der Waals surface area contributed by atoms with Crippen LogP contribution in [-0.4, -0.2) is 18.7 Å². The zero-order chi connectivity index (χ0) is 19.3. The number of hydrogen-bond acceptors (Lipinski definition) is 3. The summed E-state index contributed by atoms with van der Waals surface area (Å²) in [5, 5.41) is 2.74. The Labute approximate surface area is 162 Å². The fourth-order valence-electron chi connectivity index (χ4n) is 3.32. The molecule has 142 valence electrons. The highest BCUT2D eigenvalue weighted by molar-refractivity contribution is 5.73. The molecule has 1 N–H and O–H groups in total. The third kappa shape index (κ3) is 3.98. The normalized spacial score (nSPS) is 14.8. The Bertz CT molecular complexity index is 975. The topological polar surface area (TPSA) is 47.6 Å². The van der Waals surface area contributed by atoms with Gasteiger partial charge in [0.05, 0.1) is 6.54 Å². The lowest BCUT2D eigenvalue weighted by atomic mass is 10.0. The molecular formula is C23H20FNO3. The van der Waals surface area contributed by atoms with Crippen LogP contribution in [0.3, 0.4) is 0 Å². The molecule has 1 amide bonds. The van der Waals surface area contributed by atoms with Gasteiger partial charge in [-0.1, -0.05) is 66.7 Å². The van der Waals surface area contributed by atoms with Gasteiger partial charge in [-0.05, 0) is 17.2 Å². The number of amides is 1. The first-order valence-electron chi connectivity index (χ1n) is 9.18. The number of halogens is 1. The largest absolute Gasteiger partial charge is 0.487 e. The molecule has 1 unspecified atom stereocenters. The maximum Gasteiger partial charge on any atom is 0.407 e. The van der Waals surface area contributed by atoms with Crippen molar-refractivity contribution in [3.8, 4) is 16.9 Å². The lowest BCUT2D eigenvalue weighted by Crippen LogP contribution is -2.34. The molecule has 0 aromatic heterocycles. The van der Waals surface area contributed by atoms with Crippen LogP contribution in [0.25, 0.3) is 11.1 Å². The van der Waals surface area contributed by atoms with Gasteiger partial charge in [0, 0.05) is 17.5 Å². The summed E-state index contributed by atoms with van der Waals surface area (Å²) in [6.07, 6.45) is -0.0544. The van der Waals surface area contributed by atoms with Crippen LogP contribution in [0.1, 0.15) is 11.1 Å². The van der Waals surface area contributed by atoms with Gasteiger partial charge < -0.3 is 14.8 Å². The number of alkyl carbamates (subject to hydrolysis) is 1. The molecule has 3 aromatic rings. The SMILES string of the molecule is O=C(NCC1Cc2cccc(-c3ccccc3F)c2O1)OCc1ccccc1. The summed E-state index contributed by atoms with van der Waals surface area (Å²) in [6, 6.07) is 21.8. The molecule has 0 radical (unpaired) electrons. The fourth-order valence-corrected chi connectivity index (χ4v) is 3.32. The summed E-state index contributed by atoms with van der Waals surface area (Å²) in [7, 11) is 0. The Morgan fingerprint density at radius 3 is 2.57 bits per heavy atom. The number of hydrogen-bond donors (Lipinski definition) is 1. The van der Waals surface area contributed by atoms with Crippen LogP contribution >= 0.6 is 0 Å². The molecule has 0 aliphatic carbocycles. The molecule has 5 heteroatoms. The zero-order valence-corrected chi connectivity index (χ0v) is 15.2. The van der Waals surface area contributed by atoms with Crippen LogP contribution in [0.5, 0.6) is 5.75 Å². The number of nitrogens with one attached hydrogen (secondary N) is 1. The fraction of sp³-hybridized carbons (Fsp3) is 0.174. The van der Waals surface area contributed by atoms with Crippen molar-refractivity contribution in [3.05, 3.63) is 89.7 Å². The van der Waals surface area contributed by atoms with Crippen molar-refractivity contribution in [2.45, 2.75) is 19.1 Å². The molecule has 0 saturated heterocycles. The summed E-state index contributed by atoms with van der Waals surface area (Å²) < 4.78 is 25.4.